The highest BCUT2D eigenvalue weighted by Crippen LogP contribution is 2.60. The number of nitrogens with one attached hydrogen (secondary N) is 1. The third-order valence-electron chi connectivity index (χ3n) is 5.77. The second kappa shape index (κ2) is 4.94. The Hall–Kier alpha value is -1.16. The lowest BCUT2D eigenvalue weighted by atomic mass is 9.49. The van der Waals surface area contributed by atoms with Crippen LogP contribution in [-0.4, -0.2) is 12.1 Å². The number of aryl methyl sites for hydroxylation is 1. The van der Waals surface area contributed by atoms with Crippen molar-refractivity contribution in [1.29, 1.82) is 0 Å². The zero-order valence-corrected chi connectivity index (χ0v) is 13.3. The molecular weight excluding hydrogens is 280 g/mol. The summed E-state index contributed by atoms with van der Waals surface area (Å²) in [4.78, 5) is 13.8. The van der Waals surface area contributed by atoms with Crippen LogP contribution in [0.5, 0.6) is 0 Å². The van der Waals surface area contributed by atoms with Gasteiger partial charge in [0.15, 0.2) is 0 Å². The summed E-state index contributed by atoms with van der Waals surface area (Å²) in [7, 11) is 0. The van der Waals surface area contributed by atoms with Gasteiger partial charge in [-0.05, 0) is 80.2 Å². The summed E-state index contributed by atoms with van der Waals surface area (Å²) in [6.45, 7) is 2.07. The molecule has 0 unspecified atom stereocenters. The van der Waals surface area contributed by atoms with Gasteiger partial charge in [-0.25, -0.2) is 5.43 Å². The molecule has 1 amide bonds. The minimum Gasteiger partial charge on any atom is -0.273 e. The maximum Gasteiger partial charge on any atom is 0.246 e. The van der Waals surface area contributed by atoms with E-state index in [2.05, 4.69) is 28.9 Å². The van der Waals surface area contributed by atoms with E-state index in [0.717, 1.165) is 41.9 Å². The molecule has 0 aliphatic heterocycles. The molecule has 5 rings (SSSR count). The van der Waals surface area contributed by atoms with E-state index in [4.69, 9.17) is 0 Å². The van der Waals surface area contributed by atoms with E-state index in [1.165, 1.54) is 24.8 Å². The first-order valence-corrected chi connectivity index (χ1v) is 8.90. The molecule has 4 bridgehead atoms. The molecule has 4 aliphatic carbocycles. The summed E-state index contributed by atoms with van der Waals surface area (Å²) >= 11 is 1.66. The molecule has 4 fully saturated rings. The fourth-order valence-corrected chi connectivity index (χ4v) is 5.96. The van der Waals surface area contributed by atoms with Crippen LogP contribution in [0, 0.1) is 30.1 Å². The molecule has 4 heteroatoms. The first-order valence-electron chi connectivity index (χ1n) is 8.02. The maximum absolute atomic E-state index is 12.7. The Morgan fingerprint density at radius 2 is 1.90 bits per heavy atom. The third-order valence-corrected chi connectivity index (χ3v) is 6.72. The largest absolute Gasteiger partial charge is 0.273 e. The normalized spacial score (nSPS) is 37.3. The van der Waals surface area contributed by atoms with Gasteiger partial charge >= 0.3 is 0 Å². The number of hydrogen-bond acceptors (Lipinski definition) is 3. The van der Waals surface area contributed by atoms with E-state index < -0.39 is 0 Å². The van der Waals surface area contributed by atoms with Crippen LogP contribution in [-0.2, 0) is 4.79 Å². The lowest BCUT2D eigenvalue weighted by Gasteiger charge is -2.55. The van der Waals surface area contributed by atoms with E-state index in [0.29, 0.717) is 0 Å². The molecule has 0 radical (unpaired) electrons. The zero-order chi connectivity index (χ0) is 14.4. The second-order valence-corrected chi connectivity index (χ2v) is 8.31. The van der Waals surface area contributed by atoms with Gasteiger partial charge < -0.3 is 0 Å². The summed E-state index contributed by atoms with van der Waals surface area (Å²) < 4.78 is 0. The molecule has 0 aromatic carbocycles. The second-order valence-electron chi connectivity index (χ2n) is 7.36. The first-order chi connectivity index (χ1) is 10.1. The summed E-state index contributed by atoms with van der Waals surface area (Å²) in [5, 5.41) is 6.27. The van der Waals surface area contributed by atoms with Crippen LogP contribution in [0.2, 0.25) is 0 Å². The van der Waals surface area contributed by atoms with E-state index in [-0.39, 0.29) is 11.3 Å². The van der Waals surface area contributed by atoms with Gasteiger partial charge in [0.25, 0.3) is 0 Å². The van der Waals surface area contributed by atoms with E-state index in [1.807, 2.05) is 0 Å². The van der Waals surface area contributed by atoms with Crippen LogP contribution in [0.25, 0.3) is 0 Å². The van der Waals surface area contributed by atoms with Gasteiger partial charge in [0.05, 0.1) is 11.6 Å². The fourth-order valence-electron chi connectivity index (χ4n) is 5.17. The molecule has 1 N–H and O–H groups in total. The van der Waals surface area contributed by atoms with Crippen molar-refractivity contribution in [2.45, 2.75) is 45.4 Å². The van der Waals surface area contributed by atoms with Crippen molar-refractivity contribution >= 4 is 23.5 Å². The molecule has 112 valence electrons. The Morgan fingerprint density at radius 1 is 1.29 bits per heavy atom. The number of carbonyl (C=O) groups excluding carboxylic acids is 1. The average Bonchev–Trinajstić information content (AvgIpc) is 2.83. The lowest BCUT2D eigenvalue weighted by molar-refractivity contribution is -0.146. The Labute approximate surface area is 129 Å². The van der Waals surface area contributed by atoms with Crippen molar-refractivity contribution in [2.24, 2.45) is 28.3 Å². The van der Waals surface area contributed by atoms with Gasteiger partial charge in [0, 0.05) is 4.88 Å². The summed E-state index contributed by atoms with van der Waals surface area (Å²) in [5.41, 5.74) is 3.96. The molecule has 1 heterocycles. The summed E-state index contributed by atoms with van der Waals surface area (Å²) in [5.74, 6) is 2.56. The predicted octanol–water partition coefficient (Wildman–Crippen LogP) is 3.72. The highest BCUT2D eigenvalue weighted by atomic mass is 32.1. The van der Waals surface area contributed by atoms with Gasteiger partial charge in [-0.15, -0.1) is 11.3 Å². The van der Waals surface area contributed by atoms with Crippen LogP contribution in [0.4, 0.5) is 0 Å². The number of carbonyl (C=O) groups is 1. The van der Waals surface area contributed by atoms with Crippen molar-refractivity contribution in [2.75, 3.05) is 0 Å². The highest BCUT2D eigenvalue weighted by Gasteiger charge is 2.54. The maximum atomic E-state index is 12.7. The van der Waals surface area contributed by atoms with Crippen molar-refractivity contribution in [3.63, 3.8) is 0 Å². The third kappa shape index (κ3) is 2.33. The van der Waals surface area contributed by atoms with Gasteiger partial charge in [-0.1, -0.05) is 0 Å². The van der Waals surface area contributed by atoms with Gasteiger partial charge in [0.2, 0.25) is 5.91 Å². The SMILES string of the molecule is Cc1ccsc1/C=N/NC(=O)C12CC3CC(CC(C3)C1)C2. The minimum absolute atomic E-state index is 0.101. The Kier molecular flexibility index (Phi) is 3.18. The molecule has 4 saturated carbocycles. The number of rotatable bonds is 3. The van der Waals surface area contributed by atoms with E-state index in [9.17, 15) is 4.79 Å². The molecule has 1 aromatic heterocycles. The fraction of sp³-hybridized carbons (Fsp3) is 0.647. The quantitative estimate of drug-likeness (QED) is 0.671. The number of hydrogen-bond donors (Lipinski definition) is 1. The van der Waals surface area contributed by atoms with E-state index >= 15 is 0 Å². The van der Waals surface area contributed by atoms with Gasteiger partial charge in [-0.2, -0.15) is 5.10 Å². The first kappa shape index (κ1) is 13.5. The number of thiophene rings is 1. The van der Waals surface area contributed by atoms with Crippen LogP contribution >= 0.6 is 11.3 Å². The monoisotopic (exact) mass is 302 g/mol. The van der Waals surface area contributed by atoms with Crippen molar-refractivity contribution in [3.05, 3.63) is 21.9 Å². The van der Waals surface area contributed by atoms with E-state index in [1.54, 1.807) is 17.6 Å². The van der Waals surface area contributed by atoms with Gasteiger partial charge in [-0.3, -0.25) is 4.79 Å². The molecule has 0 spiro atoms. The smallest absolute Gasteiger partial charge is 0.246 e. The van der Waals surface area contributed by atoms with Gasteiger partial charge in [0.1, 0.15) is 0 Å². The topological polar surface area (TPSA) is 41.5 Å². The average molecular weight is 302 g/mol. The molecule has 0 atom stereocenters. The highest BCUT2D eigenvalue weighted by molar-refractivity contribution is 7.11. The Balaban J connectivity index is 1.45. The standard InChI is InChI=1S/C17H22N2OS/c1-11-2-3-21-15(11)10-18-19-16(20)17-7-12-4-13(8-17)6-14(5-12)9-17/h2-3,10,12-14H,4-9H2,1H3,(H,19,20)/b18-10+. The van der Waals surface area contributed by atoms with Crippen molar-refractivity contribution in [1.82, 2.24) is 5.43 Å². The van der Waals surface area contributed by atoms with Crippen LogP contribution in [0.3, 0.4) is 0 Å². The molecule has 3 nitrogen and oxygen atoms in total. The molecular formula is C17H22N2OS. The summed E-state index contributed by atoms with van der Waals surface area (Å²) in [6, 6.07) is 2.08. The minimum atomic E-state index is -0.101. The Bertz CT molecular complexity index is 554. The zero-order valence-electron chi connectivity index (χ0n) is 12.5. The molecule has 1 aromatic rings. The van der Waals surface area contributed by atoms with Crippen LogP contribution in [0.15, 0.2) is 16.5 Å². The lowest BCUT2D eigenvalue weighted by Crippen LogP contribution is -2.52. The van der Waals surface area contributed by atoms with Crippen molar-refractivity contribution < 1.29 is 4.79 Å². The van der Waals surface area contributed by atoms with Crippen molar-refractivity contribution in [3.8, 4) is 0 Å². The van der Waals surface area contributed by atoms with Crippen LogP contribution in [0.1, 0.15) is 49.0 Å². The molecule has 0 saturated heterocycles. The number of amides is 1. The number of nitrogens with zero attached hydrogens (tertiary/aromatic N) is 1. The Morgan fingerprint density at radius 3 is 2.43 bits per heavy atom. The number of hydrazone groups is 1. The predicted molar refractivity (Wildman–Crippen MR) is 85.4 cm³/mol. The van der Waals surface area contributed by atoms with Crippen LogP contribution < -0.4 is 5.43 Å². The molecule has 21 heavy (non-hydrogen) atoms. The molecule has 4 aliphatic rings. The summed E-state index contributed by atoms with van der Waals surface area (Å²) in [6.07, 6.45) is 9.17.